The quantitative estimate of drug-likeness (QED) is 0.815. The lowest BCUT2D eigenvalue weighted by Crippen LogP contribution is -2.11. The summed E-state index contributed by atoms with van der Waals surface area (Å²) in [5.74, 6) is 0.845. The number of thiocarbonyl (C=S) groups is 1. The second-order valence-electron chi connectivity index (χ2n) is 4.35. The highest BCUT2D eigenvalue weighted by Crippen LogP contribution is 2.41. The van der Waals surface area contributed by atoms with Crippen LogP contribution in [0.5, 0.6) is 5.75 Å². The molecule has 0 bridgehead atoms. The second kappa shape index (κ2) is 5.69. The molecule has 0 amide bonds. The molecule has 0 fully saturated rings. The van der Waals surface area contributed by atoms with Gasteiger partial charge in [-0.05, 0) is 29.8 Å². The average Bonchev–Trinajstić information content (AvgIpc) is 2.48. The van der Waals surface area contributed by atoms with Crippen LogP contribution in [0.3, 0.4) is 0 Å². The van der Waals surface area contributed by atoms with E-state index in [1.54, 1.807) is 18.9 Å². The van der Waals surface area contributed by atoms with Crippen molar-refractivity contribution in [2.45, 2.75) is 0 Å². The Kier molecular flexibility index (Phi) is 3.76. The van der Waals surface area contributed by atoms with Crippen LogP contribution >= 0.6 is 24.0 Å². The Balaban J connectivity index is 2.09. The van der Waals surface area contributed by atoms with Gasteiger partial charge in [0.2, 0.25) is 0 Å². The standard InChI is InChI=1S/C16H13NOS2/c1-18-12-7-8-14-13(10-12)15(20-16(19)17-14)9-11-5-3-2-4-6-11/h2-10H,1H3,(H,17,19)/b15-9-. The first-order valence-corrected chi connectivity index (χ1v) is 7.43. The number of hydrogen-bond acceptors (Lipinski definition) is 3. The fourth-order valence-corrected chi connectivity index (χ4v) is 3.28. The molecule has 0 saturated carbocycles. The van der Waals surface area contributed by atoms with Gasteiger partial charge in [0.25, 0.3) is 0 Å². The van der Waals surface area contributed by atoms with E-state index in [-0.39, 0.29) is 0 Å². The van der Waals surface area contributed by atoms with Crippen molar-refractivity contribution in [1.82, 2.24) is 0 Å². The van der Waals surface area contributed by atoms with Crippen LogP contribution in [0, 0.1) is 0 Å². The van der Waals surface area contributed by atoms with E-state index in [1.165, 1.54) is 0 Å². The molecule has 4 heteroatoms. The minimum atomic E-state index is 0.768. The van der Waals surface area contributed by atoms with E-state index in [4.69, 9.17) is 17.0 Å². The zero-order chi connectivity index (χ0) is 13.9. The van der Waals surface area contributed by atoms with Crippen molar-refractivity contribution in [2.75, 3.05) is 12.4 Å². The number of thioether (sulfide) groups is 1. The smallest absolute Gasteiger partial charge is 0.143 e. The third kappa shape index (κ3) is 2.71. The number of rotatable bonds is 2. The van der Waals surface area contributed by atoms with Gasteiger partial charge in [0.15, 0.2) is 0 Å². The molecule has 0 atom stereocenters. The minimum Gasteiger partial charge on any atom is -0.497 e. The summed E-state index contributed by atoms with van der Waals surface area (Å²) in [6.45, 7) is 0. The fraction of sp³-hybridized carbons (Fsp3) is 0.0625. The van der Waals surface area contributed by atoms with Crippen molar-refractivity contribution in [2.24, 2.45) is 0 Å². The molecule has 3 rings (SSSR count). The molecule has 0 radical (unpaired) electrons. The normalized spacial score (nSPS) is 15.7. The predicted molar refractivity (Wildman–Crippen MR) is 91.1 cm³/mol. The highest BCUT2D eigenvalue weighted by Gasteiger charge is 2.18. The SMILES string of the molecule is COc1ccc2c(c1)/C(=C/c1ccccc1)SC(=S)N2. The number of ether oxygens (including phenoxy) is 1. The van der Waals surface area contributed by atoms with Gasteiger partial charge in [-0.1, -0.05) is 54.3 Å². The highest BCUT2D eigenvalue weighted by molar-refractivity contribution is 8.29. The maximum Gasteiger partial charge on any atom is 0.143 e. The van der Waals surface area contributed by atoms with Crippen LogP contribution in [0.25, 0.3) is 11.0 Å². The lowest BCUT2D eigenvalue weighted by atomic mass is 10.1. The Morgan fingerprint density at radius 3 is 2.70 bits per heavy atom. The predicted octanol–water partition coefficient (Wildman–Crippen LogP) is 4.64. The fourth-order valence-electron chi connectivity index (χ4n) is 2.06. The average molecular weight is 299 g/mol. The largest absolute Gasteiger partial charge is 0.497 e. The first-order chi connectivity index (χ1) is 9.76. The van der Waals surface area contributed by atoms with Crippen molar-refractivity contribution >= 4 is 45.0 Å². The molecule has 1 aliphatic heterocycles. The number of nitrogens with one attached hydrogen (secondary N) is 1. The van der Waals surface area contributed by atoms with Crippen molar-refractivity contribution in [3.63, 3.8) is 0 Å². The summed E-state index contributed by atoms with van der Waals surface area (Å²) >= 11 is 6.89. The van der Waals surface area contributed by atoms with Crippen LogP contribution in [0.1, 0.15) is 11.1 Å². The van der Waals surface area contributed by atoms with Crippen molar-refractivity contribution < 1.29 is 4.74 Å². The van der Waals surface area contributed by atoms with Crippen LogP contribution in [0.4, 0.5) is 5.69 Å². The topological polar surface area (TPSA) is 21.3 Å². The molecule has 100 valence electrons. The van der Waals surface area contributed by atoms with E-state index in [1.807, 2.05) is 36.4 Å². The molecule has 0 aromatic heterocycles. The van der Waals surface area contributed by atoms with Crippen molar-refractivity contribution in [1.29, 1.82) is 0 Å². The highest BCUT2D eigenvalue weighted by atomic mass is 32.2. The van der Waals surface area contributed by atoms with Gasteiger partial charge in [0.05, 0.1) is 7.11 Å². The van der Waals surface area contributed by atoms with E-state index >= 15 is 0 Å². The molecule has 0 spiro atoms. The van der Waals surface area contributed by atoms with Crippen LogP contribution in [-0.4, -0.2) is 11.4 Å². The molecule has 20 heavy (non-hydrogen) atoms. The lowest BCUT2D eigenvalue weighted by Gasteiger charge is -2.21. The molecule has 1 N–H and O–H groups in total. The molecule has 1 heterocycles. The number of anilines is 1. The summed E-state index contributed by atoms with van der Waals surface area (Å²) < 4.78 is 6.08. The minimum absolute atomic E-state index is 0.768. The Morgan fingerprint density at radius 1 is 1.15 bits per heavy atom. The molecule has 0 saturated heterocycles. The number of benzene rings is 2. The zero-order valence-corrected chi connectivity index (χ0v) is 12.6. The van der Waals surface area contributed by atoms with E-state index in [2.05, 4.69) is 23.5 Å². The summed E-state index contributed by atoms with van der Waals surface area (Å²) in [6.07, 6.45) is 2.15. The molecule has 2 nitrogen and oxygen atoms in total. The number of fused-ring (bicyclic) bond motifs is 1. The Bertz CT molecular complexity index is 680. The molecular formula is C16H13NOS2. The van der Waals surface area contributed by atoms with Crippen LogP contribution in [0.2, 0.25) is 0 Å². The number of hydrogen-bond donors (Lipinski definition) is 1. The van der Waals surface area contributed by atoms with Gasteiger partial charge in [-0.15, -0.1) is 0 Å². The van der Waals surface area contributed by atoms with Gasteiger partial charge in [0.1, 0.15) is 10.1 Å². The second-order valence-corrected chi connectivity index (χ2v) is 6.06. The third-order valence-electron chi connectivity index (χ3n) is 3.03. The monoisotopic (exact) mass is 299 g/mol. The van der Waals surface area contributed by atoms with Gasteiger partial charge < -0.3 is 10.1 Å². The van der Waals surface area contributed by atoms with Crippen LogP contribution < -0.4 is 10.1 Å². The molecular weight excluding hydrogens is 286 g/mol. The molecule has 0 aliphatic carbocycles. The Morgan fingerprint density at radius 2 is 1.95 bits per heavy atom. The zero-order valence-electron chi connectivity index (χ0n) is 10.9. The number of methoxy groups -OCH3 is 1. The summed E-state index contributed by atoms with van der Waals surface area (Å²) in [5.41, 5.74) is 3.30. The molecule has 0 unspecified atom stereocenters. The van der Waals surface area contributed by atoms with Gasteiger partial charge >= 0.3 is 0 Å². The summed E-state index contributed by atoms with van der Waals surface area (Å²) in [4.78, 5) is 1.13. The van der Waals surface area contributed by atoms with E-state index in [0.717, 1.165) is 31.8 Å². The van der Waals surface area contributed by atoms with Gasteiger partial charge in [0, 0.05) is 16.2 Å². The van der Waals surface area contributed by atoms with Crippen molar-refractivity contribution in [3.05, 3.63) is 59.7 Å². The summed E-state index contributed by atoms with van der Waals surface area (Å²) in [5, 5.41) is 3.22. The summed E-state index contributed by atoms with van der Waals surface area (Å²) in [6, 6.07) is 16.2. The lowest BCUT2D eigenvalue weighted by molar-refractivity contribution is 0.415. The maximum absolute atomic E-state index is 5.32. The molecule has 2 aromatic carbocycles. The van der Waals surface area contributed by atoms with Crippen LogP contribution in [0.15, 0.2) is 48.5 Å². The summed E-state index contributed by atoms with van der Waals surface area (Å²) in [7, 11) is 1.68. The van der Waals surface area contributed by atoms with E-state index in [0.29, 0.717) is 0 Å². The van der Waals surface area contributed by atoms with E-state index in [9.17, 15) is 0 Å². The van der Waals surface area contributed by atoms with Crippen molar-refractivity contribution in [3.8, 4) is 5.75 Å². The Labute approximate surface area is 127 Å². The van der Waals surface area contributed by atoms with Gasteiger partial charge in [-0.25, -0.2) is 0 Å². The molecule has 2 aromatic rings. The first kappa shape index (κ1) is 13.2. The Hall–Kier alpha value is -1.78. The van der Waals surface area contributed by atoms with Gasteiger partial charge in [-0.3, -0.25) is 0 Å². The molecule has 1 aliphatic rings. The maximum atomic E-state index is 5.32. The van der Waals surface area contributed by atoms with Crippen LogP contribution in [-0.2, 0) is 0 Å². The van der Waals surface area contributed by atoms with E-state index < -0.39 is 0 Å². The first-order valence-electron chi connectivity index (χ1n) is 6.20. The third-order valence-corrected chi connectivity index (χ3v) is 4.23. The van der Waals surface area contributed by atoms with Gasteiger partial charge in [-0.2, -0.15) is 0 Å².